The third-order valence-corrected chi connectivity index (χ3v) is 2.57. The number of hydrogen-bond donors (Lipinski definition) is 1. The summed E-state index contributed by atoms with van der Waals surface area (Å²) in [7, 11) is 3.00. The van der Waals surface area contributed by atoms with Crippen LogP contribution in [0.15, 0.2) is 18.2 Å². The van der Waals surface area contributed by atoms with Crippen molar-refractivity contribution < 1.29 is 19.4 Å². The second-order valence-electron chi connectivity index (χ2n) is 3.61. The van der Waals surface area contributed by atoms with Crippen LogP contribution in [0.2, 0.25) is 0 Å². The van der Waals surface area contributed by atoms with Gasteiger partial charge in [-0.3, -0.25) is 0 Å². The number of anilines is 1. The Hall–Kier alpha value is -2.50. The number of carboxylic acid groups (broad SMARTS) is 1. The van der Waals surface area contributed by atoms with E-state index in [1.54, 1.807) is 12.1 Å². The number of rotatable bonds is 3. The first-order valence-electron chi connectivity index (χ1n) is 5.10. The molecule has 0 spiro atoms. The van der Waals surface area contributed by atoms with E-state index in [0.29, 0.717) is 22.4 Å². The topological polar surface area (TPSA) is 97.5 Å². The number of carbonyl (C=O) groups is 1. The van der Waals surface area contributed by atoms with Gasteiger partial charge in [0.2, 0.25) is 0 Å². The summed E-state index contributed by atoms with van der Waals surface area (Å²) < 4.78 is 10.3. The van der Waals surface area contributed by atoms with E-state index >= 15 is 0 Å². The van der Waals surface area contributed by atoms with E-state index in [-0.39, 0.29) is 11.4 Å². The van der Waals surface area contributed by atoms with Gasteiger partial charge in [0.1, 0.15) is 5.82 Å². The molecule has 6 nitrogen and oxygen atoms in total. The second kappa shape index (κ2) is 4.40. The summed E-state index contributed by atoms with van der Waals surface area (Å²) in [5.41, 5.74) is 5.93. The number of nitrogens with two attached hydrogens (primary N) is 1. The van der Waals surface area contributed by atoms with Crippen molar-refractivity contribution in [2.75, 3.05) is 20.0 Å². The minimum Gasteiger partial charge on any atom is -0.545 e. The lowest BCUT2D eigenvalue weighted by Gasteiger charge is -2.11. The number of carboxylic acids is 1. The van der Waals surface area contributed by atoms with Crippen molar-refractivity contribution in [3.8, 4) is 11.5 Å². The lowest BCUT2D eigenvalue weighted by Crippen LogP contribution is -2.24. The Labute approximate surface area is 103 Å². The molecule has 0 saturated heterocycles. The Morgan fingerprint density at radius 3 is 2.39 bits per heavy atom. The maximum absolute atomic E-state index is 10.9. The molecule has 0 amide bonds. The Morgan fingerprint density at radius 2 is 1.83 bits per heavy atom. The van der Waals surface area contributed by atoms with Gasteiger partial charge in [0.25, 0.3) is 0 Å². The van der Waals surface area contributed by atoms with Gasteiger partial charge in [-0.05, 0) is 12.1 Å². The van der Waals surface area contributed by atoms with Crippen LogP contribution in [0.4, 0.5) is 5.82 Å². The van der Waals surface area contributed by atoms with Gasteiger partial charge in [-0.15, -0.1) is 0 Å². The zero-order valence-electron chi connectivity index (χ0n) is 9.89. The van der Waals surface area contributed by atoms with E-state index in [4.69, 9.17) is 15.2 Å². The smallest absolute Gasteiger partial charge is 0.162 e. The zero-order chi connectivity index (χ0) is 13.3. The van der Waals surface area contributed by atoms with Gasteiger partial charge in [-0.25, -0.2) is 4.98 Å². The SMILES string of the molecule is COc1cc2cc(C(=O)[O-])c(N)nc2cc1OC. The third kappa shape index (κ3) is 1.88. The quantitative estimate of drug-likeness (QED) is 0.831. The zero-order valence-corrected chi connectivity index (χ0v) is 9.89. The number of methoxy groups -OCH3 is 2. The maximum atomic E-state index is 10.9. The van der Waals surface area contributed by atoms with E-state index in [2.05, 4.69) is 4.98 Å². The molecule has 2 aromatic rings. The molecule has 0 radical (unpaired) electrons. The summed E-state index contributed by atoms with van der Waals surface area (Å²) in [4.78, 5) is 14.9. The Morgan fingerprint density at radius 1 is 1.22 bits per heavy atom. The van der Waals surface area contributed by atoms with Gasteiger partial charge in [0.05, 0.1) is 25.7 Å². The van der Waals surface area contributed by atoms with Crippen LogP contribution in [0.25, 0.3) is 10.9 Å². The molecule has 0 bridgehead atoms. The molecule has 1 aromatic carbocycles. The largest absolute Gasteiger partial charge is 0.545 e. The number of aromatic carboxylic acids is 1. The van der Waals surface area contributed by atoms with Crippen molar-refractivity contribution in [2.24, 2.45) is 0 Å². The summed E-state index contributed by atoms with van der Waals surface area (Å²) >= 11 is 0. The number of nitrogen functional groups attached to an aromatic ring is 1. The fourth-order valence-corrected chi connectivity index (χ4v) is 1.68. The Kier molecular flexibility index (Phi) is 2.93. The molecule has 0 unspecified atom stereocenters. The van der Waals surface area contributed by atoms with Gasteiger partial charge >= 0.3 is 0 Å². The normalized spacial score (nSPS) is 10.3. The second-order valence-corrected chi connectivity index (χ2v) is 3.61. The molecule has 0 atom stereocenters. The molecule has 2 rings (SSSR count). The number of ether oxygens (including phenoxy) is 2. The number of nitrogens with zero attached hydrogens (tertiary/aromatic N) is 1. The third-order valence-electron chi connectivity index (χ3n) is 2.57. The molecule has 1 aromatic heterocycles. The van der Waals surface area contributed by atoms with Crippen LogP contribution in [0.5, 0.6) is 11.5 Å². The number of benzene rings is 1. The number of pyridine rings is 1. The lowest BCUT2D eigenvalue weighted by atomic mass is 10.1. The van der Waals surface area contributed by atoms with Crippen molar-refractivity contribution in [1.82, 2.24) is 4.98 Å². The van der Waals surface area contributed by atoms with Crippen molar-refractivity contribution in [1.29, 1.82) is 0 Å². The molecule has 0 aliphatic carbocycles. The summed E-state index contributed by atoms with van der Waals surface area (Å²) in [5, 5.41) is 11.4. The molecule has 1 heterocycles. The minimum absolute atomic E-state index is 0.0882. The monoisotopic (exact) mass is 247 g/mol. The van der Waals surface area contributed by atoms with E-state index < -0.39 is 5.97 Å². The standard InChI is InChI=1S/C12H12N2O4/c1-17-9-4-6-3-7(12(15)16)11(13)14-8(6)5-10(9)18-2/h3-5H,1-2H3,(H2,13,14)(H,15,16)/p-1. The van der Waals surface area contributed by atoms with Crippen LogP contribution < -0.4 is 20.3 Å². The highest BCUT2D eigenvalue weighted by molar-refractivity contribution is 5.97. The summed E-state index contributed by atoms with van der Waals surface area (Å²) in [6.45, 7) is 0. The average molecular weight is 247 g/mol. The summed E-state index contributed by atoms with van der Waals surface area (Å²) in [6.07, 6.45) is 0. The fourth-order valence-electron chi connectivity index (χ4n) is 1.68. The first-order valence-corrected chi connectivity index (χ1v) is 5.10. The highest BCUT2D eigenvalue weighted by atomic mass is 16.5. The van der Waals surface area contributed by atoms with Crippen LogP contribution >= 0.6 is 0 Å². The van der Waals surface area contributed by atoms with Crippen LogP contribution in [-0.4, -0.2) is 25.2 Å². The predicted molar refractivity (Wildman–Crippen MR) is 63.6 cm³/mol. The number of aromatic nitrogens is 1. The molecule has 0 aliphatic rings. The highest BCUT2D eigenvalue weighted by Crippen LogP contribution is 2.32. The molecule has 18 heavy (non-hydrogen) atoms. The van der Waals surface area contributed by atoms with Crippen molar-refractivity contribution in [3.63, 3.8) is 0 Å². The minimum atomic E-state index is -1.36. The Balaban J connectivity index is 2.73. The molecule has 6 heteroatoms. The van der Waals surface area contributed by atoms with E-state index in [9.17, 15) is 9.90 Å². The fraction of sp³-hybridized carbons (Fsp3) is 0.167. The average Bonchev–Trinajstić information content (AvgIpc) is 2.36. The van der Waals surface area contributed by atoms with Crippen LogP contribution in [0.1, 0.15) is 10.4 Å². The van der Waals surface area contributed by atoms with E-state index in [1.807, 2.05) is 0 Å². The lowest BCUT2D eigenvalue weighted by molar-refractivity contribution is -0.254. The van der Waals surface area contributed by atoms with Crippen molar-refractivity contribution in [3.05, 3.63) is 23.8 Å². The van der Waals surface area contributed by atoms with Crippen LogP contribution in [0, 0.1) is 0 Å². The summed E-state index contributed by atoms with van der Waals surface area (Å²) in [5.74, 6) is -0.467. The van der Waals surface area contributed by atoms with Crippen LogP contribution in [-0.2, 0) is 0 Å². The molecule has 0 aliphatic heterocycles. The molecule has 2 N–H and O–H groups in total. The van der Waals surface area contributed by atoms with Crippen molar-refractivity contribution >= 4 is 22.7 Å². The van der Waals surface area contributed by atoms with E-state index in [0.717, 1.165) is 0 Å². The highest BCUT2D eigenvalue weighted by Gasteiger charge is 2.10. The maximum Gasteiger partial charge on any atom is 0.162 e. The van der Waals surface area contributed by atoms with Gasteiger partial charge in [0.15, 0.2) is 11.5 Å². The predicted octanol–water partition coefficient (Wildman–Crippen LogP) is 0.198. The first kappa shape index (κ1) is 12.0. The number of fused-ring (bicyclic) bond motifs is 1. The van der Waals surface area contributed by atoms with Gasteiger partial charge in [-0.1, -0.05) is 0 Å². The van der Waals surface area contributed by atoms with Crippen LogP contribution in [0.3, 0.4) is 0 Å². The number of carbonyl (C=O) groups excluding carboxylic acids is 1. The number of hydrogen-bond acceptors (Lipinski definition) is 6. The molecular formula is C12H11N2O4-. The first-order chi connectivity index (χ1) is 8.56. The summed E-state index contributed by atoms with van der Waals surface area (Å²) in [6, 6.07) is 4.66. The molecule has 94 valence electrons. The molecule has 0 saturated carbocycles. The van der Waals surface area contributed by atoms with E-state index in [1.165, 1.54) is 20.3 Å². The Bertz CT molecular complexity index is 625. The molecule has 0 fully saturated rings. The van der Waals surface area contributed by atoms with Crippen molar-refractivity contribution in [2.45, 2.75) is 0 Å². The van der Waals surface area contributed by atoms with Gasteiger partial charge < -0.3 is 25.1 Å². The van der Waals surface area contributed by atoms with Gasteiger partial charge in [-0.2, -0.15) is 0 Å². The van der Waals surface area contributed by atoms with Gasteiger partial charge in [0, 0.05) is 17.0 Å². The molecular weight excluding hydrogens is 236 g/mol.